The molecular weight excluding hydrogens is 268 g/mol. The Morgan fingerprint density at radius 1 is 1.44 bits per heavy atom. The Balaban J connectivity index is 2.85. The lowest BCUT2D eigenvalue weighted by molar-refractivity contribution is 1.01. The fourth-order valence-corrected chi connectivity index (χ4v) is 1.70. The van der Waals surface area contributed by atoms with Crippen LogP contribution in [-0.2, 0) is 0 Å². The van der Waals surface area contributed by atoms with E-state index >= 15 is 0 Å². The van der Waals surface area contributed by atoms with Crippen molar-refractivity contribution in [1.29, 1.82) is 0 Å². The summed E-state index contributed by atoms with van der Waals surface area (Å²) in [5.74, 6) is 0. The van der Waals surface area contributed by atoms with Crippen LogP contribution >= 0.6 is 43.2 Å². The molecule has 0 N–H and O–H groups in total. The molecule has 0 aliphatic heterocycles. The van der Waals surface area contributed by atoms with Gasteiger partial charge in [-0.05, 0) is 6.92 Å². The maximum atomic E-state index is 3.89. The minimum absolute atomic E-state index is 0.149. The zero-order chi connectivity index (χ0) is 6.85. The van der Waals surface area contributed by atoms with Gasteiger partial charge in [-0.25, -0.2) is 0 Å². The molecule has 50 valence electrons. The molecule has 5 heteroatoms. The molecule has 0 radical (unpaired) electrons. The first-order valence-corrected chi connectivity index (χ1v) is 4.93. The van der Waals surface area contributed by atoms with Crippen LogP contribution in [0.4, 0.5) is 0 Å². The summed E-state index contributed by atoms with van der Waals surface area (Å²) in [6.07, 6.45) is 0. The molecule has 0 saturated carbocycles. The van der Waals surface area contributed by atoms with Crippen LogP contribution in [0.3, 0.4) is 0 Å². The Morgan fingerprint density at radius 3 is 2.33 bits per heavy atom. The highest BCUT2D eigenvalue weighted by Gasteiger charge is 2.06. The summed E-state index contributed by atoms with van der Waals surface area (Å²) >= 11 is 8.22. The van der Waals surface area contributed by atoms with Crippen LogP contribution in [0.25, 0.3) is 0 Å². The Morgan fingerprint density at radius 2 is 2.11 bits per heavy atom. The van der Waals surface area contributed by atoms with Gasteiger partial charge in [0.2, 0.25) is 0 Å². The van der Waals surface area contributed by atoms with Gasteiger partial charge in [0.25, 0.3) is 0 Å². The van der Waals surface area contributed by atoms with Crippen molar-refractivity contribution < 1.29 is 0 Å². The Kier molecular flexibility index (Phi) is 2.60. The van der Waals surface area contributed by atoms with Gasteiger partial charge in [-0.3, -0.25) is 0 Å². The fraction of sp³-hybridized carbons (Fsp3) is 0.500. The van der Waals surface area contributed by atoms with Crippen molar-refractivity contribution in [1.82, 2.24) is 10.2 Å². The highest BCUT2D eigenvalue weighted by Crippen LogP contribution is 2.30. The first kappa shape index (κ1) is 7.63. The molecule has 0 atom stereocenters. The topological polar surface area (TPSA) is 25.8 Å². The molecular formula is C4H4Br2N2S. The summed E-state index contributed by atoms with van der Waals surface area (Å²) < 4.78 is 0.149. The van der Waals surface area contributed by atoms with Crippen molar-refractivity contribution in [3.05, 3.63) is 10.0 Å². The van der Waals surface area contributed by atoms with E-state index in [0.717, 1.165) is 10.0 Å². The minimum atomic E-state index is 0.149. The predicted octanol–water partition coefficient (Wildman–Crippen LogP) is 2.63. The minimum Gasteiger partial charge on any atom is -0.144 e. The van der Waals surface area contributed by atoms with Crippen molar-refractivity contribution in [3.63, 3.8) is 0 Å². The van der Waals surface area contributed by atoms with Crippen molar-refractivity contribution in [2.75, 3.05) is 0 Å². The largest absolute Gasteiger partial charge is 0.144 e. The molecule has 0 aliphatic carbocycles. The van der Waals surface area contributed by atoms with Crippen molar-refractivity contribution in [2.45, 2.75) is 10.7 Å². The predicted molar refractivity (Wildman–Crippen MR) is 45.2 cm³/mol. The Hall–Kier alpha value is 0.520. The summed E-state index contributed by atoms with van der Waals surface area (Å²) in [5.41, 5.74) is 0. The van der Waals surface area contributed by atoms with Crippen LogP contribution in [0, 0.1) is 6.92 Å². The average Bonchev–Trinajstić information content (AvgIpc) is 2.14. The summed E-state index contributed by atoms with van der Waals surface area (Å²) in [5, 5.41) is 9.70. The summed E-state index contributed by atoms with van der Waals surface area (Å²) in [7, 11) is 0. The second-order valence-corrected chi connectivity index (χ2v) is 5.73. The lowest BCUT2D eigenvalue weighted by Crippen LogP contribution is -1.76. The third-order valence-electron chi connectivity index (χ3n) is 0.728. The van der Waals surface area contributed by atoms with E-state index in [4.69, 9.17) is 0 Å². The molecule has 0 aromatic carbocycles. The molecule has 2 nitrogen and oxygen atoms in total. The molecule has 0 saturated heterocycles. The molecule has 1 aromatic heterocycles. The SMILES string of the molecule is Cc1nnc(C(Br)Br)s1. The molecule has 0 aliphatic rings. The number of hydrogen-bond acceptors (Lipinski definition) is 3. The van der Waals surface area contributed by atoms with Gasteiger partial charge in [0.1, 0.15) is 13.8 Å². The zero-order valence-electron chi connectivity index (χ0n) is 4.64. The Bertz CT molecular complexity index is 198. The normalized spacial score (nSPS) is 10.7. The van der Waals surface area contributed by atoms with E-state index in [2.05, 4.69) is 42.1 Å². The lowest BCUT2D eigenvalue weighted by atomic mass is 10.9. The molecule has 0 unspecified atom stereocenters. The van der Waals surface area contributed by atoms with E-state index in [9.17, 15) is 0 Å². The van der Waals surface area contributed by atoms with E-state index in [1.807, 2.05) is 6.92 Å². The van der Waals surface area contributed by atoms with Crippen molar-refractivity contribution in [2.24, 2.45) is 0 Å². The maximum Gasteiger partial charge on any atom is 0.141 e. The first-order chi connectivity index (χ1) is 4.20. The van der Waals surface area contributed by atoms with Gasteiger partial charge >= 0.3 is 0 Å². The van der Waals surface area contributed by atoms with Gasteiger partial charge in [-0.15, -0.1) is 10.2 Å². The van der Waals surface area contributed by atoms with Crippen LogP contribution in [0.1, 0.15) is 13.8 Å². The summed E-state index contributed by atoms with van der Waals surface area (Å²) in [6.45, 7) is 1.93. The number of rotatable bonds is 1. The molecule has 1 aromatic rings. The molecule has 9 heavy (non-hydrogen) atoms. The number of alkyl halides is 2. The quantitative estimate of drug-likeness (QED) is 0.734. The standard InChI is InChI=1S/C4H4Br2N2S/c1-2-7-8-4(9-2)3(5)6/h3H,1H3. The second-order valence-electron chi connectivity index (χ2n) is 1.46. The smallest absolute Gasteiger partial charge is 0.141 e. The number of halogens is 2. The summed E-state index contributed by atoms with van der Waals surface area (Å²) in [4.78, 5) is 0. The van der Waals surface area contributed by atoms with E-state index in [-0.39, 0.29) is 3.74 Å². The van der Waals surface area contributed by atoms with Gasteiger partial charge in [-0.1, -0.05) is 43.2 Å². The third-order valence-corrected chi connectivity index (χ3v) is 3.11. The molecule has 1 heterocycles. The van der Waals surface area contributed by atoms with E-state index in [0.29, 0.717) is 0 Å². The van der Waals surface area contributed by atoms with Crippen LogP contribution in [0.2, 0.25) is 0 Å². The van der Waals surface area contributed by atoms with Crippen LogP contribution < -0.4 is 0 Å². The van der Waals surface area contributed by atoms with Gasteiger partial charge in [-0.2, -0.15) is 0 Å². The van der Waals surface area contributed by atoms with E-state index in [1.54, 1.807) is 11.3 Å². The number of aromatic nitrogens is 2. The molecule has 0 fully saturated rings. The van der Waals surface area contributed by atoms with Crippen LogP contribution in [0.15, 0.2) is 0 Å². The molecule has 1 rings (SSSR count). The van der Waals surface area contributed by atoms with Gasteiger partial charge in [0.05, 0.1) is 0 Å². The highest BCUT2D eigenvalue weighted by molar-refractivity contribution is 9.24. The number of hydrogen-bond donors (Lipinski definition) is 0. The van der Waals surface area contributed by atoms with Gasteiger partial charge < -0.3 is 0 Å². The van der Waals surface area contributed by atoms with Gasteiger partial charge in [0, 0.05) is 0 Å². The Labute approximate surface area is 73.9 Å². The van der Waals surface area contributed by atoms with E-state index in [1.165, 1.54) is 0 Å². The maximum absolute atomic E-state index is 3.89. The van der Waals surface area contributed by atoms with Crippen LogP contribution in [-0.4, -0.2) is 10.2 Å². The van der Waals surface area contributed by atoms with Gasteiger partial charge in [0.15, 0.2) is 0 Å². The van der Waals surface area contributed by atoms with E-state index < -0.39 is 0 Å². The zero-order valence-corrected chi connectivity index (χ0v) is 8.62. The highest BCUT2D eigenvalue weighted by atomic mass is 79.9. The monoisotopic (exact) mass is 270 g/mol. The fourth-order valence-electron chi connectivity index (χ4n) is 0.400. The molecule has 0 bridgehead atoms. The van der Waals surface area contributed by atoms with Crippen molar-refractivity contribution in [3.8, 4) is 0 Å². The number of aryl methyl sites for hydroxylation is 1. The van der Waals surface area contributed by atoms with Crippen molar-refractivity contribution >= 4 is 43.2 Å². The lowest BCUT2D eigenvalue weighted by Gasteiger charge is -1.88. The molecule has 0 amide bonds. The third kappa shape index (κ3) is 1.98. The second kappa shape index (κ2) is 3.07. The molecule has 0 spiro atoms. The number of nitrogens with zero attached hydrogens (tertiary/aromatic N) is 2. The summed E-state index contributed by atoms with van der Waals surface area (Å²) in [6, 6.07) is 0. The average molecular weight is 272 g/mol. The van der Waals surface area contributed by atoms with Crippen LogP contribution in [0.5, 0.6) is 0 Å². The first-order valence-electron chi connectivity index (χ1n) is 2.28.